The summed E-state index contributed by atoms with van der Waals surface area (Å²) in [6, 6.07) is 6.48. The predicted molar refractivity (Wildman–Crippen MR) is 79.0 cm³/mol. The summed E-state index contributed by atoms with van der Waals surface area (Å²) in [5.41, 5.74) is 6.99. The first-order valence-corrected chi connectivity index (χ1v) is 7.31. The topological polar surface area (TPSA) is 38.5 Å². The van der Waals surface area contributed by atoms with Crippen LogP contribution in [-0.2, 0) is 4.74 Å². The van der Waals surface area contributed by atoms with Crippen LogP contribution in [0.15, 0.2) is 24.3 Å². The molecular weight excluding hydrogens is 255 g/mol. The molecule has 1 fully saturated rings. The Morgan fingerprint density at radius 3 is 3.00 bits per heavy atom. The van der Waals surface area contributed by atoms with Gasteiger partial charge in [0, 0.05) is 26.2 Å². The summed E-state index contributed by atoms with van der Waals surface area (Å²) < 4.78 is 18.8. The van der Waals surface area contributed by atoms with Crippen LogP contribution < -0.4 is 5.73 Å². The van der Waals surface area contributed by atoms with E-state index in [4.69, 9.17) is 10.5 Å². The maximum absolute atomic E-state index is 13.2. The van der Waals surface area contributed by atoms with Crippen molar-refractivity contribution in [1.29, 1.82) is 0 Å². The van der Waals surface area contributed by atoms with Crippen LogP contribution in [0.5, 0.6) is 0 Å². The van der Waals surface area contributed by atoms with Crippen LogP contribution in [0.4, 0.5) is 4.39 Å². The summed E-state index contributed by atoms with van der Waals surface area (Å²) in [5, 5.41) is 0. The molecule has 112 valence electrons. The molecule has 3 nitrogen and oxygen atoms in total. The van der Waals surface area contributed by atoms with Crippen LogP contribution in [0.2, 0.25) is 0 Å². The van der Waals surface area contributed by atoms with E-state index in [1.807, 2.05) is 6.07 Å². The quantitative estimate of drug-likeness (QED) is 0.901. The Balaban J connectivity index is 1.85. The highest BCUT2D eigenvalue weighted by Crippen LogP contribution is 2.25. The van der Waals surface area contributed by atoms with E-state index in [-0.39, 0.29) is 17.5 Å². The van der Waals surface area contributed by atoms with Gasteiger partial charge in [0.1, 0.15) is 5.82 Å². The number of piperidine rings is 1. The van der Waals surface area contributed by atoms with Gasteiger partial charge in [-0.3, -0.25) is 0 Å². The van der Waals surface area contributed by atoms with Crippen molar-refractivity contribution in [2.45, 2.75) is 37.8 Å². The Bertz CT molecular complexity index is 440. The summed E-state index contributed by atoms with van der Waals surface area (Å²) in [7, 11) is 1.78. The second-order valence-electron chi connectivity index (χ2n) is 5.98. The van der Waals surface area contributed by atoms with E-state index in [9.17, 15) is 4.39 Å². The Morgan fingerprint density at radius 1 is 1.50 bits per heavy atom. The summed E-state index contributed by atoms with van der Waals surface area (Å²) >= 11 is 0. The smallest absolute Gasteiger partial charge is 0.123 e. The standard InChI is InChI=1S/C16H25FN2O/c1-16(20-2)8-4-9-19(12-16)10-7-15(18)13-5-3-6-14(17)11-13/h3,5-6,11,15H,4,7-10,12,18H2,1-2H3. The van der Waals surface area contributed by atoms with Gasteiger partial charge >= 0.3 is 0 Å². The van der Waals surface area contributed by atoms with Gasteiger partial charge < -0.3 is 15.4 Å². The van der Waals surface area contributed by atoms with Crippen LogP contribution in [0.25, 0.3) is 0 Å². The molecule has 2 N–H and O–H groups in total. The van der Waals surface area contributed by atoms with Gasteiger partial charge in [0.2, 0.25) is 0 Å². The van der Waals surface area contributed by atoms with E-state index in [0.29, 0.717) is 0 Å². The number of hydrogen-bond donors (Lipinski definition) is 1. The van der Waals surface area contributed by atoms with E-state index in [2.05, 4.69) is 11.8 Å². The van der Waals surface area contributed by atoms with Crippen molar-refractivity contribution in [3.05, 3.63) is 35.6 Å². The molecule has 0 radical (unpaired) electrons. The minimum absolute atomic E-state index is 0.0405. The molecule has 0 bridgehead atoms. The predicted octanol–water partition coefficient (Wildman–Crippen LogP) is 2.72. The van der Waals surface area contributed by atoms with Gasteiger partial charge in [0.15, 0.2) is 0 Å². The lowest BCUT2D eigenvalue weighted by Crippen LogP contribution is -2.47. The lowest BCUT2D eigenvalue weighted by atomic mass is 9.94. The fraction of sp³-hybridized carbons (Fsp3) is 0.625. The molecular formula is C16H25FN2O. The van der Waals surface area contributed by atoms with Crippen LogP contribution >= 0.6 is 0 Å². The van der Waals surface area contributed by atoms with E-state index in [0.717, 1.165) is 44.5 Å². The highest BCUT2D eigenvalue weighted by molar-refractivity contribution is 5.19. The maximum atomic E-state index is 13.2. The fourth-order valence-corrected chi connectivity index (χ4v) is 2.89. The Labute approximate surface area is 120 Å². The van der Waals surface area contributed by atoms with Gasteiger partial charge in [-0.1, -0.05) is 12.1 Å². The first-order chi connectivity index (χ1) is 9.52. The number of likely N-dealkylation sites (tertiary alicyclic amines) is 1. The number of benzene rings is 1. The van der Waals surface area contributed by atoms with E-state index in [1.165, 1.54) is 12.1 Å². The molecule has 20 heavy (non-hydrogen) atoms. The monoisotopic (exact) mass is 280 g/mol. The number of ether oxygens (including phenoxy) is 1. The van der Waals surface area contributed by atoms with Crippen molar-refractivity contribution in [2.24, 2.45) is 5.73 Å². The van der Waals surface area contributed by atoms with Crippen molar-refractivity contribution in [3.8, 4) is 0 Å². The Kier molecular flexibility index (Phi) is 5.13. The molecule has 2 rings (SSSR count). The molecule has 1 heterocycles. The average Bonchev–Trinajstić information content (AvgIpc) is 2.45. The molecule has 1 aliphatic heterocycles. The molecule has 1 aromatic rings. The third-order valence-corrected chi connectivity index (χ3v) is 4.26. The number of nitrogens with two attached hydrogens (primary N) is 1. The summed E-state index contributed by atoms with van der Waals surface area (Å²) in [6.07, 6.45) is 3.10. The SMILES string of the molecule is COC1(C)CCCN(CCC(N)c2cccc(F)c2)C1. The highest BCUT2D eigenvalue weighted by atomic mass is 19.1. The van der Waals surface area contributed by atoms with Crippen molar-refractivity contribution >= 4 is 0 Å². The zero-order valence-corrected chi connectivity index (χ0v) is 12.4. The lowest BCUT2D eigenvalue weighted by Gasteiger charge is -2.39. The van der Waals surface area contributed by atoms with Gasteiger partial charge in [-0.25, -0.2) is 4.39 Å². The van der Waals surface area contributed by atoms with Crippen LogP contribution in [-0.4, -0.2) is 37.2 Å². The lowest BCUT2D eigenvalue weighted by molar-refractivity contribution is -0.0510. The van der Waals surface area contributed by atoms with Crippen molar-refractivity contribution in [3.63, 3.8) is 0 Å². The zero-order chi connectivity index (χ0) is 14.6. The number of methoxy groups -OCH3 is 1. The zero-order valence-electron chi connectivity index (χ0n) is 12.4. The fourth-order valence-electron chi connectivity index (χ4n) is 2.89. The van der Waals surface area contributed by atoms with E-state index in [1.54, 1.807) is 13.2 Å². The van der Waals surface area contributed by atoms with Gasteiger partial charge in [0.25, 0.3) is 0 Å². The largest absolute Gasteiger partial charge is 0.377 e. The molecule has 0 aliphatic carbocycles. The maximum Gasteiger partial charge on any atom is 0.123 e. The summed E-state index contributed by atoms with van der Waals surface area (Å²) in [4.78, 5) is 2.39. The number of nitrogens with zero attached hydrogens (tertiary/aromatic N) is 1. The molecule has 1 aromatic carbocycles. The minimum atomic E-state index is -0.220. The molecule has 2 unspecified atom stereocenters. The summed E-state index contributed by atoms with van der Waals surface area (Å²) in [5.74, 6) is -0.220. The molecule has 0 saturated carbocycles. The third kappa shape index (κ3) is 4.01. The van der Waals surface area contributed by atoms with Crippen LogP contribution in [0.3, 0.4) is 0 Å². The average molecular weight is 280 g/mol. The minimum Gasteiger partial charge on any atom is -0.377 e. The van der Waals surface area contributed by atoms with Gasteiger partial charge in [-0.05, 0) is 50.4 Å². The molecule has 1 saturated heterocycles. The molecule has 1 aliphatic rings. The molecule has 0 spiro atoms. The normalized spacial score (nSPS) is 25.6. The summed E-state index contributed by atoms with van der Waals surface area (Å²) in [6.45, 7) is 5.12. The second kappa shape index (κ2) is 6.66. The molecule has 4 heteroatoms. The number of halogens is 1. The Hall–Kier alpha value is -0.970. The van der Waals surface area contributed by atoms with Crippen LogP contribution in [0, 0.1) is 5.82 Å². The van der Waals surface area contributed by atoms with Gasteiger partial charge in [0.05, 0.1) is 5.60 Å². The Morgan fingerprint density at radius 2 is 2.30 bits per heavy atom. The molecule has 0 aromatic heterocycles. The molecule has 2 atom stereocenters. The highest BCUT2D eigenvalue weighted by Gasteiger charge is 2.30. The first-order valence-electron chi connectivity index (χ1n) is 7.31. The number of hydrogen-bond acceptors (Lipinski definition) is 3. The van der Waals surface area contributed by atoms with Crippen molar-refractivity contribution in [2.75, 3.05) is 26.7 Å². The van der Waals surface area contributed by atoms with Crippen LogP contribution in [0.1, 0.15) is 37.8 Å². The van der Waals surface area contributed by atoms with Gasteiger partial charge in [-0.2, -0.15) is 0 Å². The van der Waals surface area contributed by atoms with Crippen molar-refractivity contribution < 1.29 is 9.13 Å². The van der Waals surface area contributed by atoms with E-state index < -0.39 is 0 Å². The van der Waals surface area contributed by atoms with Gasteiger partial charge in [-0.15, -0.1) is 0 Å². The molecule has 0 amide bonds. The van der Waals surface area contributed by atoms with E-state index >= 15 is 0 Å². The third-order valence-electron chi connectivity index (χ3n) is 4.26. The van der Waals surface area contributed by atoms with Crippen molar-refractivity contribution in [1.82, 2.24) is 4.90 Å². The number of rotatable bonds is 5. The first kappa shape index (κ1) is 15.4. The second-order valence-corrected chi connectivity index (χ2v) is 5.98.